The minimum atomic E-state index is -0.802. The van der Waals surface area contributed by atoms with Crippen LogP contribution in [0.25, 0.3) is 0 Å². The first-order valence-corrected chi connectivity index (χ1v) is 6.82. The van der Waals surface area contributed by atoms with Gasteiger partial charge in [0.1, 0.15) is 0 Å². The molecule has 1 aromatic heterocycles. The fourth-order valence-corrected chi connectivity index (χ4v) is 2.38. The van der Waals surface area contributed by atoms with E-state index in [0.29, 0.717) is 12.8 Å². The molecule has 0 radical (unpaired) electrons. The SMILES string of the molecule is CC(C)(C)n1ccnc(NCC2(C(=O)O)CCC2)c1=O. The third kappa shape index (κ3) is 2.55. The molecule has 1 saturated carbocycles. The lowest BCUT2D eigenvalue weighted by molar-refractivity contribution is -0.153. The summed E-state index contributed by atoms with van der Waals surface area (Å²) in [4.78, 5) is 27.6. The highest BCUT2D eigenvalue weighted by molar-refractivity contribution is 5.76. The van der Waals surface area contributed by atoms with Gasteiger partial charge in [-0.15, -0.1) is 0 Å². The molecule has 6 nitrogen and oxygen atoms in total. The van der Waals surface area contributed by atoms with Crippen LogP contribution in [-0.4, -0.2) is 27.2 Å². The largest absolute Gasteiger partial charge is 0.481 e. The van der Waals surface area contributed by atoms with Crippen molar-refractivity contribution in [2.75, 3.05) is 11.9 Å². The van der Waals surface area contributed by atoms with Crippen LogP contribution in [0.5, 0.6) is 0 Å². The molecule has 0 amide bonds. The summed E-state index contributed by atoms with van der Waals surface area (Å²) < 4.78 is 1.59. The van der Waals surface area contributed by atoms with E-state index in [9.17, 15) is 14.7 Å². The van der Waals surface area contributed by atoms with Crippen LogP contribution in [0.15, 0.2) is 17.2 Å². The van der Waals surface area contributed by atoms with Gasteiger partial charge in [-0.3, -0.25) is 9.59 Å². The second-order valence-corrected chi connectivity index (χ2v) is 6.41. The molecule has 0 saturated heterocycles. The van der Waals surface area contributed by atoms with Gasteiger partial charge in [-0.25, -0.2) is 4.98 Å². The summed E-state index contributed by atoms with van der Waals surface area (Å²) in [5.41, 5.74) is -1.30. The van der Waals surface area contributed by atoms with Gasteiger partial charge in [-0.1, -0.05) is 6.42 Å². The van der Waals surface area contributed by atoms with E-state index < -0.39 is 11.4 Å². The number of hydrogen-bond donors (Lipinski definition) is 2. The first-order chi connectivity index (χ1) is 9.26. The van der Waals surface area contributed by atoms with Crippen molar-refractivity contribution >= 4 is 11.8 Å². The van der Waals surface area contributed by atoms with Crippen LogP contribution < -0.4 is 10.9 Å². The maximum atomic E-state index is 12.3. The number of nitrogens with one attached hydrogen (secondary N) is 1. The lowest BCUT2D eigenvalue weighted by Gasteiger charge is -2.37. The molecule has 20 heavy (non-hydrogen) atoms. The molecule has 2 N–H and O–H groups in total. The highest BCUT2D eigenvalue weighted by Gasteiger charge is 2.44. The Labute approximate surface area is 117 Å². The Balaban J connectivity index is 2.19. The van der Waals surface area contributed by atoms with E-state index in [1.54, 1.807) is 17.0 Å². The lowest BCUT2D eigenvalue weighted by Crippen LogP contribution is -2.45. The molecule has 0 unspecified atom stereocenters. The third-order valence-electron chi connectivity index (χ3n) is 3.92. The maximum Gasteiger partial charge on any atom is 0.311 e. The van der Waals surface area contributed by atoms with Crippen molar-refractivity contribution in [1.82, 2.24) is 9.55 Å². The molecular weight excluding hydrogens is 258 g/mol. The van der Waals surface area contributed by atoms with Crippen LogP contribution in [-0.2, 0) is 10.3 Å². The Kier molecular flexibility index (Phi) is 3.58. The highest BCUT2D eigenvalue weighted by atomic mass is 16.4. The summed E-state index contributed by atoms with van der Waals surface area (Å²) in [6, 6.07) is 0. The second kappa shape index (κ2) is 4.92. The molecule has 0 aromatic carbocycles. The number of rotatable bonds is 4. The molecule has 0 atom stereocenters. The number of carboxylic acids is 1. The monoisotopic (exact) mass is 279 g/mol. The maximum absolute atomic E-state index is 12.3. The van der Waals surface area contributed by atoms with E-state index in [-0.39, 0.29) is 23.5 Å². The number of carbonyl (C=O) groups is 1. The Morgan fingerprint density at radius 2 is 2.15 bits per heavy atom. The number of anilines is 1. The normalized spacial score (nSPS) is 17.4. The number of hydrogen-bond acceptors (Lipinski definition) is 4. The van der Waals surface area contributed by atoms with E-state index in [1.165, 1.54) is 0 Å². The van der Waals surface area contributed by atoms with Crippen LogP contribution in [0.2, 0.25) is 0 Å². The topological polar surface area (TPSA) is 84.2 Å². The van der Waals surface area contributed by atoms with Gasteiger partial charge in [0.15, 0.2) is 5.82 Å². The minimum absolute atomic E-state index is 0.218. The molecular formula is C14H21N3O3. The second-order valence-electron chi connectivity index (χ2n) is 6.41. The molecule has 1 heterocycles. The van der Waals surface area contributed by atoms with Gasteiger partial charge in [0.05, 0.1) is 5.41 Å². The summed E-state index contributed by atoms with van der Waals surface area (Å²) in [7, 11) is 0. The van der Waals surface area contributed by atoms with E-state index >= 15 is 0 Å². The lowest BCUT2D eigenvalue weighted by atomic mass is 9.69. The van der Waals surface area contributed by atoms with Crippen LogP contribution in [0.1, 0.15) is 40.0 Å². The van der Waals surface area contributed by atoms with Crippen molar-refractivity contribution in [3.63, 3.8) is 0 Å². The highest BCUT2D eigenvalue weighted by Crippen LogP contribution is 2.40. The molecule has 0 spiro atoms. The Morgan fingerprint density at radius 3 is 2.60 bits per heavy atom. The number of carboxylic acid groups (broad SMARTS) is 1. The third-order valence-corrected chi connectivity index (χ3v) is 3.92. The van der Waals surface area contributed by atoms with Crippen LogP contribution >= 0.6 is 0 Å². The van der Waals surface area contributed by atoms with Crippen LogP contribution in [0.3, 0.4) is 0 Å². The van der Waals surface area contributed by atoms with Gasteiger partial charge in [-0.2, -0.15) is 0 Å². The van der Waals surface area contributed by atoms with Gasteiger partial charge in [0.25, 0.3) is 5.56 Å². The Hall–Kier alpha value is -1.85. The van der Waals surface area contributed by atoms with Gasteiger partial charge in [0, 0.05) is 24.5 Å². The van der Waals surface area contributed by atoms with Crippen molar-refractivity contribution in [2.24, 2.45) is 5.41 Å². The Morgan fingerprint density at radius 1 is 1.50 bits per heavy atom. The molecule has 6 heteroatoms. The molecule has 0 aliphatic heterocycles. The van der Waals surface area contributed by atoms with Crippen molar-refractivity contribution in [2.45, 2.75) is 45.6 Å². The summed E-state index contributed by atoms with van der Waals surface area (Å²) >= 11 is 0. The predicted molar refractivity (Wildman–Crippen MR) is 75.9 cm³/mol. The van der Waals surface area contributed by atoms with E-state index in [0.717, 1.165) is 6.42 Å². The zero-order valence-electron chi connectivity index (χ0n) is 12.1. The molecule has 110 valence electrons. The van der Waals surface area contributed by atoms with Crippen LogP contribution in [0, 0.1) is 5.41 Å². The summed E-state index contributed by atoms with van der Waals surface area (Å²) in [5.74, 6) is -0.585. The first kappa shape index (κ1) is 14.6. The fourth-order valence-electron chi connectivity index (χ4n) is 2.38. The molecule has 0 bridgehead atoms. The minimum Gasteiger partial charge on any atom is -0.481 e. The van der Waals surface area contributed by atoms with Gasteiger partial charge in [0.2, 0.25) is 0 Å². The van der Waals surface area contributed by atoms with Gasteiger partial charge in [-0.05, 0) is 33.6 Å². The predicted octanol–water partition coefficient (Wildman–Crippen LogP) is 1.67. The van der Waals surface area contributed by atoms with Crippen molar-refractivity contribution in [1.29, 1.82) is 0 Å². The molecule has 2 rings (SSSR count). The quantitative estimate of drug-likeness (QED) is 0.875. The summed E-state index contributed by atoms with van der Waals surface area (Å²) in [5, 5.41) is 12.2. The number of aromatic nitrogens is 2. The molecule has 1 aliphatic carbocycles. The molecule has 1 aromatic rings. The summed E-state index contributed by atoms with van der Waals surface area (Å²) in [6.45, 7) is 6.05. The van der Waals surface area contributed by atoms with Crippen molar-refractivity contribution < 1.29 is 9.90 Å². The average Bonchev–Trinajstić information content (AvgIpc) is 2.27. The number of nitrogens with zero attached hydrogens (tertiary/aromatic N) is 2. The standard InChI is InChI=1S/C14H21N3O3/c1-13(2,3)17-8-7-15-10(11(17)18)16-9-14(12(19)20)5-4-6-14/h7-8H,4-6,9H2,1-3H3,(H,15,16)(H,19,20). The molecule has 1 aliphatic rings. The molecule has 1 fully saturated rings. The zero-order chi connectivity index (χ0) is 15.0. The van der Waals surface area contributed by atoms with Crippen molar-refractivity contribution in [3.05, 3.63) is 22.7 Å². The summed E-state index contributed by atoms with van der Waals surface area (Å²) in [6.07, 6.45) is 5.42. The van der Waals surface area contributed by atoms with Gasteiger partial charge >= 0.3 is 5.97 Å². The van der Waals surface area contributed by atoms with E-state index in [1.807, 2.05) is 20.8 Å². The smallest absolute Gasteiger partial charge is 0.311 e. The average molecular weight is 279 g/mol. The fraction of sp³-hybridized carbons (Fsp3) is 0.643. The zero-order valence-corrected chi connectivity index (χ0v) is 12.1. The van der Waals surface area contributed by atoms with Crippen LogP contribution in [0.4, 0.5) is 5.82 Å². The number of aliphatic carboxylic acids is 1. The van der Waals surface area contributed by atoms with Gasteiger partial charge < -0.3 is 15.0 Å². The Bertz CT molecular complexity index is 568. The van der Waals surface area contributed by atoms with E-state index in [2.05, 4.69) is 10.3 Å². The van der Waals surface area contributed by atoms with E-state index in [4.69, 9.17) is 0 Å². The van der Waals surface area contributed by atoms with Crippen molar-refractivity contribution in [3.8, 4) is 0 Å². The first-order valence-electron chi connectivity index (χ1n) is 6.82.